The number of aromatic nitrogens is 2. The van der Waals surface area contributed by atoms with Crippen molar-refractivity contribution in [2.24, 2.45) is 0 Å². The number of aromatic hydroxyl groups is 2. The van der Waals surface area contributed by atoms with Crippen LogP contribution in [0.5, 0.6) is 17.2 Å². The van der Waals surface area contributed by atoms with E-state index in [0.29, 0.717) is 23.7 Å². The highest BCUT2D eigenvalue weighted by Crippen LogP contribution is 2.31. The molecule has 3 rings (SSSR count). The van der Waals surface area contributed by atoms with Crippen LogP contribution in [0.3, 0.4) is 0 Å². The van der Waals surface area contributed by atoms with E-state index in [9.17, 15) is 10.2 Å². The highest BCUT2D eigenvalue weighted by Gasteiger charge is 2.09. The van der Waals surface area contributed by atoms with Gasteiger partial charge in [-0.15, -0.1) is 0 Å². The Morgan fingerprint density at radius 3 is 2.28 bits per heavy atom. The van der Waals surface area contributed by atoms with Crippen molar-refractivity contribution in [2.45, 2.75) is 19.8 Å². The molecule has 2 aromatic carbocycles. The van der Waals surface area contributed by atoms with E-state index >= 15 is 0 Å². The van der Waals surface area contributed by atoms with Crippen molar-refractivity contribution in [3.63, 3.8) is 0 Å². The van der Waals surface area contributed by atoms with Crippen LogP contribution in [0.1, 0.15) is 19.8 Å². The Hall–Kier alpha value is -3.08. The second kappa shape index (κ2) is 7.66. The molecule has 5 nitrogen and oxygen atoms in total. The number of hydrogen-bond donors (Lipinski definition) is 2. The molecule has 0 radical (unpaired) electrons. The zero-order chi connectivity index (χ0) is 17.6. The lowest BCUT2D eigenvalue weighted by molar-refractivity contribution is 0.307. The van der Waals surface area contributed by atoms with Gasteiger partial charge in [0, 0.05) is 24.0 Å². The van der Waals surface area contributed by atoms with E-state index in [4.69, 9.17) is 4.74 Å². The average molecular weight is 336 g/mol. The van der Waals surface area contributed by atoms with Gasteiger partial charge in [0.05, 0.1) is 12.2 Å². The van der Waals surface area contributed by atoms with E-state index < -0.39 is 0 Å². The second-order valence-corrected chi connectivity index (χ2v) is 5.72. The summed E-state index contributed by atoms with van der Waals surface area (Å²) in [5, 5.41) is 19.6. The molecular weight excluding hydrogens is 316 g/mol. The molecule has 1 aromatic heterocycles. The number of rotatable bonds is 6. The Morgan fingerprint density at radius 2 is 1.64 bits per heavy atom. The first kappa shape index (κ1) is 16.8. The van der Waals surface area contributed by atoms with Crippen LogP contribution in [0.15, 0.2) is 54.9 Å². The highest BCUT2D eigenvalue weighted by molar-refractivity contribution is 5.67. The summed E-state index contributed by atoms with van der Waals surface area (Å²) in [6.45, 7) is 2.73. The van der Waals surface area contributed by atoms with Crippen molar-refractivity contribution in [1.82, 2.24) is 9.97 Å². The topological polar surface area (TPSA) is 75.5 Å². The van der Waals surface area contributed by atoms with Crippen LogP contribution in [0.25, 0.3) is 22.5 Å². The number of ether oxygens (including phenoxy) is 1. The average Bonchev–Trinajstić information content (AvgIpc) is 2.63. The van der Waals surface area contributed by atoms with E-state index in [0.717, 1.165) is 24.0 Å². The Labute approximate surface area is 146 Å². The van der Waals surface area contributed by atoms with Crippen molar-refractivity contribution in [3.05, 3.63) is 54.9 Å². The molecule has 0 aliphatic heterocycles. The molecule has 0 fully saturated rings. The molecule has 128 valence electrons. The minimum absolute atomic E-state index is 0.0892. The van der Waals surface area contributed by atoms with Crippen molar-refractivity contribution >= 4 is 0 Å². The summed E-state index contributed by atoms with van der Waals surface area (Å²) in [5.74, 6) is 1.38. The molecule has 25 heavy (non-hydrogen) atoms. The Bertz CT molecular complexity index is 831. The van der Waals surface area contributed by atoms with Crippen LogP contribution < -0.4 is 4.74 Å². The molecule has 2 N–H and O–H groups in total. The number of unbranched alkanes of at least 4 members (excludes halogenated alkanes) is 1. The third kappa shape index (κ3) is 4.07. The molecule has 0 amide bonds. The van der Waals surface area contributed by atoms with Gasteiger partial charge in [0.15, 0.2) is 5.82 Å². The van der Waals surface area contributed by atoms with Crippen LogP contribution in [0.4, 0.5) is 0 Å². The van der Waals surface area contributed by atoms with E-state index in [-0.39, 0.29) is 11.5 Å². The van der Waals surface area contributed by atoms with Gasteiger partial charge in [-0.25, -0.2) is 9.97 Å². The van der Waals surface area contributed by atoms with Crippen LogP contribution in [0.2, 0.25) is 0 Å². The largest absolute Gasteiger partial charge is 0.508 e. The van der Waals surface area contributed by atoms with Crippen LogP contribution in [0, 0.1) is 0 Å². The first-order valence-corrected chi connectivity index (χ1v) is 8.25. The number of nitrogens with zero attached hydrogens (tertiary/aromatic N) is 2. The lowest BCUT2D eigenvalue weighted by atomic mass is 10.1. The molecule has 1 heterocycles. The van der Waals surface area contributed by atoms with Gasteiger partial charge in [0.25, 0.3) is 0 Å². The summed E-state index contributed by atoms with van der Waals surface area (Å²) >= 11 is 0. The first-order chi connectivity index (χ1) is 12.2. The van der Waals surface area contributed by atoms with Gasteiger partial charge >= 0.3 is 0 Å². The maximum absolute atomic E-state index is 10.2. The van der Waals surface area contributed by atoms with Gasteiger partial charge in [-0.3, -0.25) is 0 Å². The van der Waals surface area contributed by atoms with Crippen molar-refractivity contribution in [2.75, 3.05) is 6.61 Å². The molecule has 3 aromatic rings. The predicted molar refractivity (Wildman–Crippen MR) is 96.6 cm³/mol. The van der Waals surface area contributed by atoms with Crippen molar-refractivity contribution in [3.8, 4) is 39.8 Å². The fraction of sp³-hybridized carbons (Fsp3) is 0.200. The standard InChI is InChI=1S/C20H20N2O3/c1-2-3-10-25-17-8-9-18(19(24)11-17)20-21-12-15(13-22-20)14-4-6-16(23)7-5-14/h4-9,11-13,23-24H,2-3,10H2,1H3. The molecule has 0 atom stereocenters. The lowest BCUT2D eigenvalue weighted by Gasteiger charge is -2.09. The zero-order valence-electron chi connectivity index (χ0n) is 14.0. The molecule has 0 bridgehead atoms. The van der Waals surface area contributed by atoms with Gasteiger partial charge in [0.2, 0.25) is 0 Å². The summed E-state index contributed by atoms with van der Waals surface area (Å²) in [4.78, 5) is 8.68. The number of phenolic OH excluding ortho intramolecular Hbond substituents is 2. The quantitative estimate of drug-likeness (QED) is 0.653. The highest BCUT2D eigenvalue weighted by atomic mass is 16.5. The predicted octanol–water partition coefficient (Wildman–Crippen LogP) is 4.40. The summed E-state index contributed by atoms with van der Waals surface area (Å²) in [6.07, 6.45) is 5.43. The van der Waals surface area contributed by atoms with Crippen LogP contribution in [-0.2, 0) is 0 Å². The van der Waals surface area contributed by atoms with E-state index in [1.165, 1.54) is 0 Å². The number of phenols is 2. The summed E-state index contributed by atoms with van der Waals surface area (Å²) in [6, 6.07) is 12.0. The van der Waals surface area contributed by atoms with Gasteiger partial charge < -0.3 is 14.9 Å². The molecule has 0 aliphatic rings. The minimum atomic E-state index is 0.0892. The summed E-state index contributed by atoms with van der Waals surface area (Å²) in [7, 11) is 0. The Balaban J connectivity index is 1.78. The molecule has 0 unspecified atom stereocenters. The van der Waals surface area contributed by atoms with Crippen LogP contribution >= 0.6 is 0 Å². The third-order valence-corrected chi connectivity index (χ3v) is 3.83. The van der Waals surface area contributed by atoms with Gasteiger partial charge in [-0.1, -0.05) is 25.5 Å². The van der Waals surface area contributed by atoms with Crippen LogP contribution in [-0.4, -0.2) is 26.8 Å². The van der Waals surface area contributed by atoms with E-state index in [1.807, 2.05) is 6.07 Å². The Kier molecular flexibility index (Phi) is 5.14. The van der Waals surface area contributed by atoms with Gasteiger partial charge in [-0.05, 0) is 36.2 Å². The van der Waals surface area contributed by atoms with Gasteiger partial charge in [0.1, 0.15) is 17.2 Å². The van der Waals surface area contributed by atoms with Gasteiger partial charge in [-0.2, -0.15) is 0 Å². The molecule has 0 saturated heterocycles. The SMILES string of the molecule is CCCCOc1ccc(-c2ncc(-c3ccc(O)cc3)cn2)c(O)c1. The Morgan fingerprint density at radius 1 is 0.920 bits per heavy atom. The summed E-state index contributed by atoms with van der Waals surface area (Å²) in [5.41, 5.74) is 2.30. The zero-order valence-corrected chi connectivity index (χ0v) is 14.0. The second-order valence-electron chi connectivity index (χ2n) is 5.72. The molecule has 0 aliphatic carbocycles. The molecular formula is C20H20N2O3. The fourth-order valence-electron chi connectivity index (χ4n) is 2.39. The number of benzene rings is 2. The smallest absolute Gasteiger partial charge is 0.162 e. The molecule has 0 saturated carbocycles. The van der Waals surface area contributed by atoms with Crippen molar-refractivity contribution < 1.29 is 14.9 Å². The molecule has 0 spiro atoms. The number of hydrogen-bond acceptors (Lipinski definition) is 5. The van der Waals surface area contributed by atoms with E-state index in [2.05, 4.69) is 16.9 Å². The minimum Gasteiger partial charge on any atom is -0.508 e. The third-order valence-electron chi connectivity index (χ3n) is 3.83. The maximum atomic E-state index is 10.2. The lowest BCUT2D eigenvalue weighted by Crippen LogP contribution is -1.96. The normalized spacial score (nSPS) is 10.6. The van der Waals surface area contributed by atoms with Crippen molar-refractivity contribution in [1.29, 1.82) is 0 Å². The van der Waals surface area contributed by atoms with E-state index in [1.54, 1.807) is 48.8 Å². The monoisotopic (exact) mass is 336 g/mol. The maximum Gasteiger partial charge on any atom is 0.162 e. The summed E-state index contributed by atoms with van der Waals surface area (Å²) < 4.78 is 5.58. The molecule has 5 heteroatoms. The first-order valence-electron chi connectivity index (χ1n) is 8.25. The fourth-order valence-corrected chi connectivity index (χ4v) is 2.39.